The van der Waals surface area contributed by atoms with Gasteiger partial charge in [0.15, 0.2) is 0 Å². The Hall–Kier alpha value is -2.90. The van der Waals surface area contributed by atoms with Gasteiger partial charge in [0.2, 0.25) is 0 Å². The molecule has 2 aromatic heterocycles. The normalized spacial score (nSPS) is 13.3. The van der Waals surface area contributed by atoms with Crippen molar-refractivity contribution >= 4 is 11.9 Å². The monoisotopic (exact) mass is 371 g/mol. The summed E-state index contributed by atoms with van der Waals surface area (Å²) < 4.78 is 5.15. The lowest BCUT2D eigenvalue weighted by molar-refractivity contribution is 0.0952. The maximum absolute atomic E-state index is 12.7. The molecule has 144 valence electrons. The van der Waals surface area contributed by atoms with E-state index in [0.29, 0.717) is 38.0 Å². The second kappa shape index (κ2) is 7.77. The van der Waals surface area contributed by atoms with Crippen molar-refractivity contribution in [3.8, 4) is 0 Å². The molecular weight excluding hydrogens is 346 g/mol. The number of aryl methyl sites for hydroxylation is 2. The zero-order chi connectivity index (χ0) is 19.6. The van der Waals surface area contributed by atoms with E-state index >= 15 is 0 Å². The van der Waals surface area contributed by atoms with Crippen molar-refractivity contribution < 1.29 is 14.1 Å². The number of fused-ring (bicyclic) bond motifs is 1. The molecule has 3 heterocycles. The predicted molar refractivity (Wildman–Crippen MR) is 99.4 cm³/mol. The van der Waals surface area contributed by atoms with E-state index in [-0.39, 0.29) is 11.9 Å². The minimum absolute atomic E-state index is 0.0324. The molecule has 0 fully saturated rings. The third-order valence-electron chi connectivity index (χ3n) is 4.88. The van der Waals surface area contributed by atoms with Gasteiger partial charge in [0.1, 0.15) is 5.76 Å². The molecule has 0 saturated carbocycles. The van der Waals surface area contributed by atoms with Crippen LogP contribution in [0.4, 0.5) is 4.79 Å². The number of amides is 3. The summed E-state index contributed by atoms with van der Waals surface area (Å²) in [4.78, 5) is 32.4. The highest BCUT2D eigenvalue weighted by molar-refractivity contribution is 5.95. The van der Waals surface area contributed by atoms with Gasteiger partial charge in [-0.3, -0.25) is 9.78 Å². The van der Waals surface area contributed by atoms with Gasteiger partial charge < -0.3 is 19.6 Å². The summed E-state index contributed by atoms with van der Waals surface area (Å²) in [5.74, 6) is 0.643. The van der Waals surface area contributed by atoms with E-state index in [2.05, 4.69) is 15.5 Å². The molecule has 0 saturated heterocycles. The van der Waals surface area contributed by atoms with Gasteiger partial charge in [-0.25, -0.2) is 4.79 Å². The van der Waals surface area contributed by atoms with E-state index in [4.69, 9.17) is 4.52 Å². The molecule has 0 bridgehead atoms. The summed E-state index contributed by atoms with van der Waals surface area (Å²) in [6.07, 6.45) is 4.66. The summed E-state index contributed by atoms with van der Waals surface area (Å²) >= 11 is 0. The molecule has 1 aliphatic rings. The number of aromatic nitrogens is 2. The van der Waals surface area contributed by atoms with E-state index in [0.717, 1.165) is 28.1 Å². The number of pyridine rings is 1. The third kappa shape index (κ3) is 3.94. The molecule has 0 aliphatic carbocycles. The van der Waals surface area contributed by atoms with Gasteiger partial charge in [-0.15, -0.1) is 0 Å². The van der Waals surface area contributed by atoms with E-state index in [9.17, 15) is 9.59 Å². The fourth-order valence-corrected chi connectivity index (χ4v) is 3.39. The number of carbonyl (C=O) groups is 2. The molecule has 0 spiro atoms. The molecule has 0 aromatic carbocycles. The van der Waals surface area contributed by atoms with Crippen molar-refractivity contribution in [2.45, 2.75) is 33.2 Å². The number of rotatable bonds is 4. The summed E-state index contributed by atoms with van der Waals surface area (Å²) in [7, 11) is 3.47. The molecule has 2 aromatic rings. The van der Waals surface area contributed by atoms with Gasteiger partial charge in [0.05, 0.1) is 11.3 Å². The van der Waals surface area contributed by atoms with Gasteiger partial charge in [0.25, 0.3) is 5.91 Å². The number of carbonyl (C=O) groups excluding carboxylic acids is 2. The SMILES string of the molecule is Cc1noc(C)c1CCNC(=O)c1cncc2c1CCN(C(=O)N(C)C)C2. The van der Waals surface area contributed by atoms with E-state index in [1.165, 1.54) is 0 Å². The molecule has 1 aliphatic heterocycles. The minimum atomic E-state index is -0.140. The molecular formula is C19H25N5O3. The quantitative estimate of drug-likeness (QED) is 0.883. The molecule has 0 unspecified atom stereocenters. The largest absolute Gasteiger partial charge is 0.361 e. The Bertz CT molecular complexity index is 840. The van der Waals surface area contributed by atoms with Gasteiger partial charge in [-0.1, -0.05) is 5.16 Å². The predicted octanol–water partition coefficient (Wildman–Crippen LogP) is 1.70. The van der Waals surface area contributed by atoms with Crippen molar-refractivity contribution in [3.63, 3.8) is 0 Å². The molecule has 0 radical (unpaired) electrons. The van der Waals surface area contributed by atoms with Crippen LogP contribution in [0.1, 0.15) is 38.5 Å². The fraction of sp³-hybridized carbons (Fsp3) is 0.474. The van der Waals surface area contributed by atoms with Crippen molar-refractivity contribution in [2.75, 3.05) is 27.2 Å². The maximum Gasteiger partial charge on any atom is 0.319 e. The highest BCUT2D eigenvalue weighted by Gasteiger charge is 2.25. The summed E-state index contributed by atoms with van der Waals surface area (Å²) in [5, 5.41) is 6.89. The van der Waals surface area contributed by atoms with Gasteiger partial charge in [-0.2, -0.15) is 0 Å². The van der Waals surface area contributed by atoms with Crippen LogP contribution in [-0.4, -0.2) is 59.1 Å². The van der Waals surface area contributed by atoms with Crippen LogP contribution in [0.5, 0.6) is 0 Å². The van der Waals surface area contributed by atoms with Crippen LogP contribution in [-0.2, 0) is 19.4 Å². The Labute approximate surface area is 158 Å². The average molecular weight is 371 g/mol. The van der Waals surface area contributed by atoms with E-state index in [1.807, 2.05) is 13.8 Å². The second-order valence-electron chi connectivity index (χ2n) is 6.98. The van der Waals surface area contributed by atoms with Crippen LogP contribution >= 0.6 is 0 Å². The van der Waals surface area contributed by atoms with E-state index in [1.54, 1.807) is 36.3 Å². The minimum Gasteiger partial charge on any atom is -0.361 e. The van der Waals surface area contributed by atoms with Gasteiger partial charge >= 0.3 is 6.03 Å². The number of nitrogens with one attached hydrogen (secondary N) is 1. The molecule has 3 amide bonds. The summed E-state index contributed by atoms with van der Waals surface area (Å²) in [6, 6.07) is -0.0324. The molecule has 27 heavy (non-hydrogen) atoms. The summed E-state index contributed by atoms with van der Waals surface area (Å²) in [6.45, 7) is 5.32. The van der Waals surface area contributed by atoms with Crippen LogP contribution in [0.15, 0.2) is 16.9 Å². The first-order valence-corrected chi connectivity index (χ1v) is 9.00. The first-order chi connectivity index (χ1) is 12.9. The Morgan fingerprint density at radius 3 is 2.74 bits per heavy atom. The van der Waals surface area contributed by atoms with Crippen LogP contribution < -0.4 is 5.32 Å². The van der Waals surface area contributed by atoms with Crippen molar-refractivity contribution in [1.29, 1.82) is 0 Å². The lowest BCUT2D eigenvalue weighted by atomic mass is 9.97. The first kappa shape index (κ1) is 18.9. The van der Waals surface area contributed by atoms with E-state index < -0.39 is 0 Å². The van der Waals surface area contributed by atoms with Crippen molar-refractivity contribution in [1.82, 2.24) is 25.3 Å². The fourth-order valence-electron chi connectivity index (χ4n) is 3.39. The number of hydrogen-bond donors (Lipinski definition) is 1. The van der Waals surface area contributed by atoms with Gasteiger partial charge in [0, 0.05) is 51.7 Å². The van der Waals surface area contributed by atoms with Crippen LogP contribution in [0, 0.1) is 13.8 Å². The zero-order valence-corrected chi connectivity index (χ0v) is 16.2. The summed E-state index contributed by atoms with van der Waals surface area (Å²) in [5.41, 5.74) is 4.37. The van der Waals surface area contributed by atoms with Crippen LogP contribution in [0.25, 0.3) is 0 Å². The number of nitrogens with zero attached hydrogens (tertiary/aromatic N) is 4. The highest BCUT2D eigenvalue weighted by Crippen LogP contribution is 2.22. The van der Waals surface area contributed by atoms with Crippen molar-refractivity contribution in [2.24, 2.45) is 0 Å². The molecule has 3 rings (SSSR count). The zero-order valence-electron chi connectivity index (χ0n) is 16.2. The molecule has 8 heteroatoms. The van der Waals surface area contributed by atoms with Crippen molar-refractivity contribution in [3.05, 3.63) is 46.1 Å². The number of hydrogen-bond acceptors (Lipinski definition) is 5. The topological polar surface area (TPSA) is 91.6 Å². The maximum atomic E-state index is 12.7. The average Bonchev–Trinajstić information content (AvgIpc) is 2.98. The molecule has 8 nitrogen and oxygen atoms in total. The smallest absolute Gasteiger partial charge is 0.319 e. The molecule has 1 N–H and O–H groups in total. The third-order valence-corrected chi connectivity index (χ3v) is 4.88. The highest BCUT2D eigenvalue weighted by atomic mass is 16.5. The first-order valence-electron chi connectivity index (χ1n) is 9.00. The molecule has 0 atom stereocenters. The number of urea groups is 1. The second-order valence-corrected chi connectivity index (χ2v) is 6.98. The Morgan fingerprint density at radius 1 is 1.30 bits per heavy atom. The standard InChI is InChI=1S/C19H25N5O3/c1-12-15(13(2)27-22-12)5-7-21-18(25)17-10-20-9-14-11-24(8-6-16(14)17)19(26)23(3)4/h9-10H,5-8,11H2,1-4H3,(H,21,25). The Balaban J connectivity index is 1.67. The Kier molecular flexibility index (Phi) is 5.43. The lowest BCUT2D eigenvalue weighted by Gasteiger charge is -2.31. The van der Waals surface area contributed by atoms with Gasteiger partial charge in [-0.05, 0) is 37.8 Å². The Morgan fingerprint density at radius 2 is 2.07 bits per heavy atom. The lowest BCUT2D eigenvalue weighted by Crippen LogP contribution is -2.42. The van der Waals surface area contributed by atoms with Crippen LogP contribution in [0.2, 0.25) is 0 Å². The van der Waals surface area contributed by atoms with Crippen LogP contribution in [0.3, 0.4) is 0 Å².